The summed E-state index contributed by atoms with van der Waals surface area (Å²) >= 11 is 0. The Morgan fingerprint density at radius 1 is 1.24 bits per heavy atom. The number of sulfonamides is 1. The van der Waals surface area contributed by atoms with E-state index >= 15 is 0 Å². The Morgan fingerprint density at radius 2 is 1.76 bits per heavy atom. The summed E-state index contributed by atoms with van der Waals surface area (Å²) < 4.78 is 36.3. The van der Waals surface area contributed by atoms with Crippen molar-refractivity contribution < 1.29 is 22.7 Å². The smallest absolute Gasteiger partial charge is 0.243 e. The molecule has 0 radical (unpaired) electrons. The molecule has 0 saturated heterocycles. The van der Waals surface area contributed by atoms with E-state index in [2.05, 4.69) is 5.32 Å². The number of hydrogen-bond donors (Lipinski definition) is 1. The number of rotatable bonds is 6. The summed E-state index contributed by atoms with van der Waals surface area (Å²) in [4.78, 5) is 11.4. The lowest BCUT2D eigenvalue weighted by Gasteiger charge is -2.19. The van der Waals surface area contributed by atoms with Gasteiger partial charge in [0.25, 0.3) is 0 Å². The van der Waals surface area contributed by atoms with Crippen molar-refractivity contribution in [2.24, 2.45) is 0 Å². The first-order valence-electron chi connectivity index (χ1n) is 6.17. The molecule has 21 heavy (non-hydrogen) atoms. The maximum atomic E-state index is 12.5. The highest BCUT2D eigenvalue weighted by atomic mass is 32.2. The minimum Gasteiger partial charge on any atom is -0.493 e. The molecule has 0 unspecified atom stereocenters. The van der Waals surface area contributed by atoms with Gasteiger partial charge in [-0.2, -0.15) is 4.31 Å². The van der Waals surface area contributed by atoms with Crippen LogP contribution in [-0.2, 0) is 14.8 Å². The molecule has 0 aliphatic carbocycles. The van der Waals surface area contributed by atoms with Crippen molar-refractivity contribution in [3.63, 3.8) is 0 Å². The maximum absolute atomic E-state index is 12.5. The summed E-state index contributed by atoms with van der Waals surface area (Å²) in [5, 5.41) is 2.39. The van der Waals surface area contributed by atoms with E-state index in [0.29, 0.717) is 17.1 Å². The van der Waals surface area contributed by atoms with Gasteiger partial charge in [0.05, 0.1) is 25.7 Å². The second-order valence-corrected chi connectivity index (χ2v) is 6.42. The molecule has 0 aliphatic rings. The van der Waals surface area contributed by atoms with Crippen LogP contribution in [-0.4, -0.2) is 53.5 Å². The molecular weight excluding hydrogens is 296 g/mol. The van der Waals surface area contributed by atoms with Crippen LogP contribution >= 0.6 is 0 Å². The van der Waals surface area contributed by atoms with Crippen molar-refractivity contribution in [3.05, 3.63) is 17.7 Å². The van der Waals surface area contributed by atoms with Gasteiger partial charge in [-0.3, -0.25) is 4.79 Å². The first kappa shape index (κ1) is 17.3. The van der Waals surface area contributed by atoms with Crippen LogP contribution in [0.2, 0.25) is 0 Å². The number of benzene rings is 1. The molecule has 1 aromatic carbocycles. The van der Waals surface area contributed by atoms with Crippen molar-refractivity contribution in [3.8, 4) is 11.5 Å². The van der Waals surface area contributed by atoms with Crippen LogP contribution in [0.5, 0.6) is 11.5 Å². The summed E-state index contributed by atoms with van der Waals surface area (Å²) in [6, 6.07) is 2.98. The largest absolute Gasteiger partial charge is 0.493 e. The van der Waals surface area contributed by atoms with E-state index in [1.807, 2.05) is 0 Å². The molecule has 1 rings (SSSR count). The fourth-order valence-corrected chi connectivity index (χ4v) is 3.12. The third-order valence-electron chi connectivity index (χ3n) is 3.01. The highest BCUT2D eigenvalue weighted by molar-refractivity contribution is 7.89. The van der Waals surface area contributed by atoms with Gasteiger partial charge in [0.15, 0.2) is 11.5 Å². The minimum atomic E-state index is -3.80. The molecule has 8 heteroatoms. The van der Waals surface area contributed by atoms with Gasteiger partial charge in [0.2, 0.25) is 15.9 Å². The molecule has 0 saturated carbocycles. The van der Waals surface area contributed by atoms with E-state index < -0.39 is 10.0 Å². The average Bonchev–Trinajstić information content (AvgIpc) is 2.46. The molecule has 0 atom stereocenters. The van der Waals surface area contributed by atoms with Crippen molar-refractivity contribution >= 4 is 15.9 Å². The monoisotopic (exact) mass is 316 g/mol. The van der Waals surface area contributed by atoms with Gasteiger partial charge >= 0.3 is 0 Å². The van der Waals surface area contributed by atoms with Gasteiger partial charge < -0.3 is 14.8 Å². The van der Waals surface area contributed by atoms with Gasteiger partial charge in [-0.05, 0) is 18.6 Å². The number of nitrogens with zero attached hydrogens (tertiary/aromatic N) is 1. The second kappa shape index (κ2) is 6.77. The zero-order valence-electron chi connectivity index (χ0n) is 12.8. The molecule has 1 aromatic rings. The summed E-state index contributed by atoms with van der Waals surface area (Å²) in [6.07, 6.45) is 0. The summed E-state index contributed by atoms with van der Waals surface area (Å²) in [5.41, 5.74) is 0.511. The molecule has 7 nitrogen and oxygen atoms in total. The number of amides is 1. The first-order chi connectivity index (χ1) is 9.77. The lowest BCUT2D eigenvalue weighted by molar-refractivity contribution is -0.120. The Labute approximate surface area is 124 Å². The van der Waals surface area contributed by atoms with Crippen LogP contribution in [0.3, 0.4) is 0 Å². The molecule has 0 aliphatic heterocycles. The van der Waals surface area contributed by atoms with Gasteiger partial charge in [0.1, 0.15) is 0 Å². The van der Waals surface area contributed by atoms with Crippen molar-refractivity contribution in [1.82, 2.24) is 9.62 Å². The quantitative estimate of drug-likeness (QED) is 0.820. The van der Waals surface area contributed by atoms with Crippen LogP contribution in [0, 0.1) is 6.92 Å². The lowest BCUT2D eigenvalue weighted by atomic mass is 10.2. The van der Waals surface area contributed by atoms with Crippen LogP contribution in [0.1, 0.15) is 5.56 Å². The molecule has 118 valence electrons. The van der Waals surface area contributed by atoms with Crippen molar-refractivity contribution in [2.75, 3.05) is 34.9 Å². The Bertz CT molecular complexity index is 628. The Hall–Kier alpha value is -1.80. The molecule has 0 fully saturated rings. The maximum Gasteiger partial charge on any atom is 0.243 e. The van der Waals surface area contributed by atoms with E-state index in [4.69, 9.17) is 9.47 Å². The molecule has 0 heterocycles. The van der Waals surface area contributed by atoms with Crippen LogP contribution in [0.15, 0.2) is 17.0 Å². The zero-order valence-corrected chi connectivity index (χ0v) is 13.6. The van der Waals surface area contributed by atoms with Gasteiger partial charge in [-0.25, -0.2) is 8.42 Å². The fraction of sp³-hybridized carbons (Fsp3) is 0.462. The summed E-state index contributed by atoms with van der Waals surface area (Å²) in [5.74, 6) is 0.372. The van der Waals surface area contributed by atoms with Crippen molar-refractivity contribution in [2.45, 2.75) is 11.8 Å². The van der Waals surface area contributed by atoms with Crippen LogP contribution in [0.25, 0.3) is 0 Å². The predicted molar refractivity (Wildman–Crippen MR) is 78.2 cm³/mol. The summed E-state index contributed by atoms with van der Waals surface area (Å²) in [7, 11) is 1.91. The normalized spacial score (nSPS) is 11.3. The van der Waals surface area contributed by atoms with Crippen LogP contribution in [0.4, 0.5) is 0 Å². The molecule has 1 N–H and O–H groups in total. The summed E-state index contributed by atoms with van der Waals surface area (Å²) in [6.45, 7) is 1.40. The fourth-order valence-electron chi connectivity index (χ4n) is 1.77. The Balaban J connectivity index is 3.28. The number of nitrogens with one attached hydrogen (secondary N) is 1. The van der Waals surface area contributed by atoms with E-state index in [-0.39, 0.29) is 17.3 Å². The van der Waals surface area contributed by atoms with E-state index in [0.717, 1.165) is 4.31 Å². The predicted octanol–water partition coefficient (Wildman–Crippen LogP) is 0.379. The van der Waals surface area contributed by atoms with E-state index in [1.165, 1.54) is 34.4 Å². The number of carbonyl (C=O) groups is 1. The second-order valence-electron chi connectivity index (χ2n) is 4.41. The molecule has 1 amide bonds. The zero-order chi connectivity index (χ0) is 16.2. The topological polar surface area (TPSA) is 84.9 Å². The Kier molecular flexibility index (Phi) is 5.56. The Morgan fingerprint density at radius 3 is 2.24 bits per heavy atom. The minimum absolute atomic E-state index is 0.0755. The number of likely N-dealkylation sites (N-methyl/N-ethyl adjacent to an activating group) is 2. The standard InChI is InChI=1S/C13H20N2O5S/c1-9-6-10(19-4)11(20-5)7-12(9)21(17,18)15(3)8-13(16)14-2/h6-7H,8H2,1-5H3,(H,14,16). The number of carbonyl (C=O) groups excluding carboxylic acids is 1. The van der Waals surface area contributed by atoms with Crippen LogP contribution < -0.4 is 14.8 Å². The SMILES string of the molecule is CNC(=O)CN(C)S(=O)(=O)c1cc(OC)c(OC)cc1C. The number of methoxy groups -OCH3 is 2. The number of ether oxygens (including phenoxy) is 2. The highest BCUT2D eigenvalue weighted by Gasteiger charge is 2.26. The van der Waals surface area contributed by atoms with Gasteiger partial charge in [-0.1, -0.05) is 0 Å². The highest BCUT2D eigenvalue weighted by Crippen LogP contribution is 2.33. The van der Waals surface area contributed by atoms with E-state index in [1.54, 1.807) is 13.0 Å². The first-order valence-corrected chi connectivity index (χ1v) is 7.61. The average molecular weight is 316 g/mol. The van der Waals surface area contributed by atoms with Gasteiger partial charge in [-0.15, -0.1) is 0 Å². The molecule has 0 bridgehead atoms. The number of hydrogen-bond acceptors (Lipinski definition) is 5. The van der Waals surface area contributed by atoms with E-state index in [9.17, 15) is 13.2 Å². The number of aryl methyl sites for hydroxylation is 1. The van der Waals surface area contributed by atoms with Crippen molar-refractivity contribution in [1.29, 1.82) is 0 Å². The molecular formula is C13H20N2O5S. The van der Waals surface area contributed by atoms with Gasteiger partial charge in [0, 0.05) is 20.2 Å². The molecule has 0 aromatic heterocycles. The molecule has 0 spiro atoms. The lowest BCUT2D eigenvalue weighted by Crippen LogP contribution is -2.37. The third kappa shape index (κ3) is 3.64. The third-order valence-corrected chi connectivity index (χ3v) is 4.96.